The number of amides is 1. The van der Waals surface area contributed by atoms with Gasteiger partial charge in [-0.25, -0.2) is 0 Å². The molecule has 1 fully saturated rings. The van der Waals surface area contributed by atoms with E-state index in [1.54, 1.807) is 0 Å². The van der Waals surface area contributed by atoms with E-state index in [9.17, 15) is 13.6 Å². The molecule has 0 radical (unpaired) electrons. The number of carbonyl (C=O) groups is 1. The van der Waals surface area contributed by atoms with Crippen LogP contribution in [0.5, 0.6) is 5.75 Å². The van der Waals surface area contributed by atoms with Gasteiger partial charge in [-0.2, -0.15) is 8.78 Å². The minimum atomic E-state index is -2.86. The van der Waals surface area contributed by atoms with Gasteiger partial charge in [0.25, 0.3) is 5.91 Å². The van der Waals surface area contributed by atoms with Gasteiger partial charge in [-0.15, -0.1) is 0 Å². The molecule has 0 spiro atoms. The van der Waals surface area contributed by atoms with Crippen LogP contribution in [0.3, 0.4) is 0 Å². The van der Waals surface area contributed by atoms with Crippen molar-refractivity contribution < 1.29 is 23.0 Å². The van der Waals surface area contributed by atoms with Gasteiger partial charge < -0.3 is 20.1 Å². The minimum absolute atomic E-state index is 0.0450. The quantitative estimate of drug-likeness (QED) is 0.865. The molecule has 7 heteroatoms. The third-order valence-electron chi connectivity index (χ3n) is 2.57. The zero-order valence-corrected chi connectivity index (χ0v) is 10.1. The predicted octanol–water partition coefficient (Wildman–Crippen LogP) is 1.21. The molecule has 104 valence electrons. The van der Waals surface area contributed by atoms with E-state index in [1.165, 1.54) is 24.3 Å². The van der Waals surface area contributed by atoms with Crippen LogP contribution in [0, 0.1) is 0 Å². The zero-order chi connectivity index (χ0) is 13.7. The average molecular weight is 272 g/mol. The summed E-state index contributed by atoms with van der Waals surface area (Å²) in [6, 6.07) is 5.71. The van der Waals surface area contributed by atoms with E-state index in [0.717, 1.165) is 6.54 Å². The highest BCUT2D eigenvalue weighted by molar-refractivity contribution is 5.94. The molecule has 19 heavy (non-hydrogen) atoms. The van der Waals surface area contributed by atoms with Crippen LogP contribution in [0.4, 0.5) is 14.5 Å². The Labute approximate surface area is 108 Å². The summed E-state index contributed by atoms with van der Waals surface area (Å²) in [6.07, 6.45) is -0.536. The van der Waals surface area contributed by atoms with Crippen LogP contribution in [-0.2, 0) is 9.53 Å². The van der Waals surface area contributed by atoms with Crippen LogP contribution in [0.1, 0.15) is 0 Å². The molecule has 0 aromatic heterocycles. The molecule has 5 nitrogen and oxygen atoms in total. The number of ether oxygens (including phenoxy) is 2. The third kappa shape index (κ3) is 4.15. The first kappa shape index (κ1) is 13.7. The highest BCUT2D eigenvalue weighted by atomic mass is 19.3. The number of alkyl halides is 2. The standard InChI is InChI=1S/C12H14F2N2O3/c13-12(14)19-9-3-1-8(2-4-9)16-11(17)10-7-15-5-6-18-10/h1-4,10,12,15H,5-7H2,(H,16,17). The second kappa shape index (κ2) is 6.44. The molecular weight excluding hydrogens is 258 g/mol. The van der Waals surface area contributed by atoms with E-state index in [0.29, 0.717) is 18.8 Å². The molecule has 1 aromatic rings. The topological polar surface area (TPSA) is 59.6 Å². The molecule has 2 N–H and O–H groups in total. The van der Waals surface area contributed by atoms with Crippen molar-refractivity contribution in [3.63, 3.8) is 0 Å². The van der Waals surface area contributed by atoms with Crippen molar-refractivity contribution in [1.29, 1.82) is 0 Å². The Balaban J connectivity index is 1.89. The fraction of sp³-hybridized carbons (Fsp3) is 0.417. The lowest BCUT2D eigenvalue weighted by Gasteiger charge is -2.22. The van der Waals surface area contributed by atoms with Crippen LogP contribution < -0.4 is 15.4 Å². The molecule has 0 aliphatic carbocycles. The summed E-state index contributed by atoms with van der Waals surface area (Å²) < 4.78 is 33.4. The first-order valence-electron chi connectivity index (χ1n) is 5.83. The Kier molecular flexibility index (Phi) is 4.64. The van der Waals surface area contributed by atoms with Gasteiger partial charge in [-0.1, -0.05) is 0 Å². The summed E-state index contributed by atoms with van der Waals surface area (Å²) in [6.45, 7) is -1.19. The molecule has 2 rings (SSSR count). The van der Waals surface area contributed by atoms with Crippen LogP contribution in [0.25, 0.3) is 0 Å². The molecule has 1 amide bonds. The molecule has 1 heterocycles. The van der Waals surface area contributed by atoms with Gasteiger partial charge in [0.05, 0.1) is 6.61 Å². The van der Waals surface area contributed by atoms with Crippen molar-refractivity contribution in [3.8, 4) is 5.75 Å². The van der Waals surface area contributed by atoms with E-state index < -0.39 is 12.7 Å². The maximum absolute atomic E-state index is 12.0. The molecule has 1 aliphatic rings. The highest BCUT2D eigenvalue weighted by Gasteiger charge is 2.21. The van der Waals surface area contributed by atoms with E-state index in [2.05, 4.69) is 15.4 Å². The lowest BCUT2D eigenvalue weighted by atomic mass is 10.2. The summed E-state index contributed by atoms with van der Waals surface area (Å²) in [5.74, 6) is -0.224. The SMILES string of the molecule is O=C(Nc1ccc(OC(F)F)cc1)C1CNCCO1. The number of morpholine rings is 1. The smallest absolute Gasteiger partial charge is 0.387 e. The van der Waals surface area contributed by atoms with Gasteiger partial charge in [0.1, 0.15) is 11.9 Å². The summed E-state index contributed by atoms with van der Waals surface area (Å²) in [5.41, 5.74) is 0.501. The Morgan fingerprint density at radius 3 is 2.74 bits per heavy atom. The second-order valence-corrected chi connectivity index (χ2v) is 3.96. The van der Waals surface area contributed by atoms with Crippen molar-refractivity contribution in [2.45, 2.75) is 12.7 Å². The number of rotatable bonds is 4. The molecule has 1 aromatic carbocycles. The van der Waals surface area contributed by atoms with Crippen molar-refractivity contribution in [1.82, 2.24) is 5.32 Å². The van der Waals surface area contributed by atoms with Crippen LogP contribution in [0.2, 0.25) is 0 Å². The van der Waals surface area contributed by atoms with E-state index in [-0.39, 0.29) is 11.7 Å². The predicted molar refractivity (Wildman–Crippen MR) is 64.3 cm³/mol. The summed E-state index contributed by atoms with van der Waals surface area (Å²) in [5, 5.41) is 5.69. The number of anilines is 1. The Morgan fingerprint density at radius 2 is 2.16 bits per heavy atom. The summed E-state index contributed by atoms with van der Waals surface area (Å²) in [7, 11) is 0. The number of halogens is 2. The monoisotopic (exact) mass is 272 g/mol. The molecule has 1 saturated heterocycles. The van der Waals surface area contributed by atoms with Crippen molar-refractivity contribution in [2.75, 3.05) is 25.0 Å². The van der Waals surface area contributed by atoms with Crippen molar-refractivity contribution >= 4 is 11.6 Å². The zero-order valence-electron chi connectivity index (χ0n) is 10.1. The van der Waals surface area contributed by atoms with Gasteiger partial charge >= 0.3 is 6.61 Å². The maximum Gasteiger partial charge on any atom is 0.387 e. The number of hydrogen-bond donors (Lipinski definition) is 2. The fourth-order valence-corrected chi connectivity index (χ4v) is 1.68. The van der Waals surface area contributed by atoms with Crippen LogP contribution in [-0.4, -0.2) is 38.3 Å². The highest BCUT2D eigenvalue weighted by Crippen LogP contribution is 2.18. The number of carbonyl (C=O) groups excluding carboxylic acids is 1. The lowest BCUT2D eigenvalue weighted by molar-refractivity contribution is -0.128. The van der Waals surface area contributed by atoms with Crippen molar-refractivity contribution in [3.05, 3.63) is 24.3 Å². The van der Waals surface area contributed by atoms with E-state index >= 15 is 0 Å². The van der Waals surface area contributed by atoms with E-state index in [4.69, 9.17) is 4.74 Å². The Morgan fingerprint density at radius 1 is 1.42 bits per heavy atom. The average Bonchev–Trinajstić information content (AvgIpc) is 2.41. The lowest BCUT2D eigenvalue weighted by Crippen LogP contribution is -2.45. The van der Waals surface area contributed by atoms with Gasteiger partial charge in [0.15, 0.2) is 0 Å². The van der Waals surface area contributed by atoms with Crippen LogP contribution >= 0.6 is 0 Å². The van der Waals surface area contributed by atoms with Crippen LogP contribution in [0.15, 0.2) is 24.3 Å². The first-order chi connectivity index (χ1) is 9.15. The number of benzene rings is 1. The minimum Gasteiger partial charge on any atom is -0.435 e. The third-order valence-corrected chi connectivity index (χ3v) is 2.57. The molecule has 1 unspecified atom stereocenters. The molecule has 1 atom stereocenters. The molecule has 1 aliphatic heterocycles. The van der Waals surface area contributed by atoms with Gasteiger partial charge in [-0.3, -0.25) is 4.79 Å². The number of nitrogens with one attached hydrogen (secondary N) is 2. The second-order valence-electron chi connectivity index (χ2n) is 3.96. The van der Waals surface area contributed by atoms with Gasteiger partial charge in [-0.05, 0) is 24.3 Å². The van der Waals surface area contributed by atoms with Gasteiger partial charge in [0.2, 0.25) is 0 Å². The fourth-order valence-electron chi connectivity index (χ4n) is 1.68. The first-order valence-corrected chi connectivity index (χ1v) is 5.83. The summed E-state index contributed by atoms with van der Waals surface area (Å²) in [4.78, 5) is 11.8. The molecule has 0 bridgehead atoms. The Bertz CT molecular complexity index is 419. The Hall–Kier alpha value is -1.73. The van der Waals surface area contributed by atoms with E-state index in [1.807, 2.05) is 0 Å². The van der Waals surface area contributed by atoms with Gasteiger partial charge in [0, 0.05) is 18.8 Å². The largest absolute Gasteiger partial charge is 0.435 e. The normalized spacial score (nSPS) is 19.2. The van der Waals surface area contributed by atoms with Crippen molar-refractivity contribution in [2.24, 2.45) is 0 Å². The molecular formula is C12H14F2N2O3. The summed E-state index contributed by atoms with van der Waals surface area (Å²) >= 11 is 0. The molecule has 0 saturated carbocycles. The maximum atomic E-state index is 12.0. The number of hydrogen-bond acceptors (Lipinski definition) is 4.